The Morgan fingerprint density at radius 3 is 2.56 bits per heavy atom. The van der Waals surface area contributed by atoms with Gasteiger partial charge in [-0.1, -0.05) is 17.7 Å². The van der Waals surface area contributed by atoms with Crippen LogP contribution in [0.5, 0.6) is 0 Å². The van der Waals surface area contributed by atoms with Gasteiger partial charge in [0.25, 0.3) is 0 Å². The lowest BCUT2D eigenvalue weighted by Gasteiger charge is -2.19. The zero-order chi connectivity index (χ0) is 13.9. The van der Waals surface area contributed by atoms with Gasteiger partial charge in [-0.05, 0) is 19.1 Å². The average molecular weight is 282 g/mol. The van der Waals surface area contributed by atoms with Crippen molar-refractivity contribution in [2.75, 3.05) is 12.4 Å². The Balaban J connectivity index is 3.12. The summed E-state index contributed by atoms with van der Waals surface area (Å²) < 4.78 is 42.7. The molecule has 1 rings (SSSR count). The van der Waals surface area contributed by atoms with E-state index in [1.165, 1.54) is 19.1 Å². The highest BCUT2D eigenvalue weighted by atomic mass is 35.5. The number of hydrogen-bond donors (Lipinski definition) is 1. The van der Waals surface area contributed by atoms with E-state index < -0.39 is 23.8 Å². The minimum absolute atomic E-state index is 0.111. The molecule has 1 N–H and O–H groups in total. The predicted molar refractivity (Wildman–Crippen MR) is 61.6 cm³/mol. The highest BCUT2D eigenvalue weighted by Crippen LogP contribution is 2.38. The molecule has 18 heavy (non-hydrogen) atoms. The second-order valence-corrected chi connectivity index (χ2v) is 3.96. The molecule has 7 heteroatoms. The summed E-state index contributed by atoms with van der Waals surface area (Å²) in [7, 11) is 1.15. The molecule has 1 unspecified atom stereocenters. The van der Waals surface area contributed by atoms with Crippen molar-refractivity contribution in [1.29, 1.82) is 0 Å². The number of benzene rings is 1. The van der Waals surface area contributed by atoms with E-state index in [1.54, 1.807) is 0 Å². The van der Waals surface area contributed by atoms with Crippen LogP contribution in [0.1, 0.15) is 12.5 Å². The van der Waals surface area contributed by atoms with E-state index in [2.05, 4.69) is 10.1 Å². The lowest BCUT2D eigenvalue weighted by atomic mass is 10.1. The fourth-order valence-corrected chi connectivity index (χ4v) is 1.59. The Morgan fingerprint density at radius 1 is 1.44 bits per heavy atom. The molecule has 0 bridgehead atoms. The molecule has 0 amide bonds. The Hall–Kier alpha value is -1.43. The molecule has 1 aromatic carbocycles. The summed E-state index contributed by atoms with van der Waals surface area (Å²) in [5.41, 5.74) is -1.25. The van der Waals surface area contributed by atoms with E-state index in [4.69, 9.17) is 11.6 Å². The van der Waals surface area contributed by atoms with Crippen LogP contribution in [0.25, 0.3) is 0 Å². The quantitative estimate of drug-likeness (QED) is 0.864. The molecule has 1 aromatic rings. The van der Waals surface area contributed by atoms with E-state index in [-0.39, 0.29) is 10.7 Å². The molecular weight excluding hydrogens is 271 g/mol. The van der Waals surface area contributed by atoms with Gasteiger partial charge in [0.1, 0.15) is 6.04 Å². The molecular formula is C11H11ClF3NO2. The van der Waals surface area contributed by atoms with Crippen LogP contribution in [-0.4, -0.2) is 19.1 Å². The van der Waals surface area contributed by atoms with Gasteiger partial charge in [0.2, 0.25) is 0 Å². The van der Waals surface area contributed by atoms with Gasteiger partial charge in [0.15, 0.2) is 0 Å². The molecule has 0 saturated carbocycles. The summed E-state index contributed by atoms with van der Waals surface area (Å²) in [6, 6.07) is 2.46. The molecule has 0 saturated heterocycles. The Morgan fingerprint density at radius 2 is 2.06 bits per heavy atom. The van der Waals surface area contributed by atoms with Gasteiger partial charge in [-0.25, -0.2) is 4.79 Å². The number of carbonyl (C=O) groups excluding carboxylic acids is 1. The number of carbonyl (C=O) groups is 1. The van der Waals surface area contributed by atoms with Crippen molar-refractivity contribution in [3.63, 3.8) is 0 Å². The highest BCUT2D eigenvalue weighted by Gasteiger charge is 2.35. The van der Waals surface area contributed by atoms with Crippen molar-refractivity contribution in [3.05, 3.63) is 28.8 Å². The molecule has 0 radical (unpaired) electrons. The fraction of sp³-hybridized carbons (Fsp3) is 0.364. The van der Waals surface area contributed by atoms with E-state index in [9.17, 15) is 18.0 Å². The van der Waals surface area contributed by atoms with E-state index in [1.807, 2.05) is 0 Å². The molecule has 0 heterocycles. The van der Waals surface area contributed by atoms with Gasteiger partial charge in [-0.3, -0.25) is 0 Å². The van der Waals surface area contributed by atoms with Crippen molar-refractivity contribution in [2.24, 2.45) is 0 Å². The number of ether oxygens (including phenoxy) is 1. The third kappa shape index (κ3) is 3.29. The van der Waals surface area contributed by atoms with Crippen molar-refractivity contribution >= 4 is 23.3 Å². The normalized spacial score (nSPS) is 13.0. The molecule has 0 fully saturated rings. The SMILES string of the molecule is COC(=O)C(C)Nc1c(Cl)cccc1C(F)(F)F. The van der Waals surface area contributed by atoms with Gasteiger partial charge in [-0.2, -0.15) is 13.2 Å². The van der Waals surface area contributed by atoms with Crippen LogP contribution < -0.4 is 5.32 Å². The summed E-state index contributed by atoms with van der Waals surface area (Å²) in [6.07, 6.45) is -4.55. The van der Waals surface area contributed by atoms with Crippen molar-refractivity contribution in [3.8, 4) is 0 Å². The predicted octanol–water partition coefficient (Wildman–Crippen LogP) is 3.33. The third-order valence-electron chi connectivity index (χ3n) is 2.23. The Labute approximate surface area is 107 Å². The second-order valence-electron chi connectivity index (χ2n) is 3.55. The lowest BCUT2D eigenvalue weighted by molar-refractivity contribution is -0.141. The second kappa shape index (κ2) is 5.48. The van der Waals surface area contributed by atoms with Gasteiger partial charge >= 0.3 is 12.1 Å². The maximum absolute atomic E-state index is 12.7. The summed E-state index contributed by atoms with van der Waals surface area (Å²) in [5, 5.41) is 2.30. The molecule has 0 aromatic heterocycles. The van der Waals surface area contributed by atoms with Gasteiger partial charge < -0.3 is 10.1 Å². The van der Waals surface area contributed by atoms with Gasteiger partial charge in [0, 0.05) is 0 Å². The van der Waals surface area contributed by atoms with Gasteiger partial charge in [0.05, 0.1) is 23.4 Å². The number of esters is 1. The number of para-hydroxylation sites is 1. The maximum Gasteiger partial charge on any atom is 0.418 e. The van der Waals surface area contributed by atoms with Crippen LogP contribution >= 0.6 is 11.6 Å². The number of hydrogen-bond acceptors (Lipinski definition) is 3. The average Bonchev–Trinajstić information content (AvgIpc) is 2.29. The molecule has 3 nitrogen and oxygen atoms in total. The topological polar surface area (TPSA) is 38.3 Å². The van der Waals surface area contributed by atoms with Crippen LogP contribution in [0.2, 0.25) is 5.02 Å². The molecule has 1 atom stereocenters. The summed E-state index contributed by atoms with van der Waals surface area (Å²) in [5.74, 6) is -0.678. The molecule has 100 valence electrons. The van der Waals surface area contributed by atoms with Crippen LogP contribution in [0.15, 0.2) is 18.2 Å². The first-order valence-corrected chi connectivity index (χ1v) is 5.35. The van der Waals surface area contributed by atoms with E-state index >= 15 is 0 Å². The first-order chi connectivity index (χ1) is 8.27. The Bertz CT molecular complexity index is 448. The largest absolute Gasteiger partial charge is 0.467 e. The number of alkyl halides is 3. The smallest absolute Gasteiger partial charge is 0.418 e. The van der Waals surface area contributed by atoms with Crippen molar-refractivity contribution in [2.45, 2.75) is 19.1 Å². The summed E-state index contributed by atoms with van der Waals surface area (Å²) in [4.78, 5) is 11.2. The van der Waals surface area contributed by atoms with Crippen LogP contribution in [-0.2, 0) is 15.7 Å². The van der Waals surface area contributed by atoms with Crippen LogP contribution in [0.3, 0.4) is 0 Å². The first-order valence-electron chi connectivity index (χ1n) is 4.97. The molecule has 0 aliphatic rings. The standard InChI is InChI=1S/C11H11ClF3NO2/c1-6(10(17)18-2)16-9-7(11(13,14)15)4-3-5-8(9)12/h3-6,16H,1-2H3. The number of rotatable bonds is 3. The summed E-state index contributed by atoms with van der Waals surface area (Å²) in [6.45, 7) is 1.38. The third-order valence-corrected chi connectivity index (χ3v) is 2.55. The van der Waals surface area contributed by atoms with Crippen LogP contribution in [0, 0.1) is 0 Å². The molecule has 0 aliphatic heterocycles. The van der Waals surface area contributed by atoms with Crippen LogP contribution in [0.4, 0.5) is 18.9 Å². The molecule has 0 spiro atoms. The van der Waals surface area contributed by atoms with Crippen molar-refractivity contribution in [1.82, 2.24) is 0 Å². The summed E-state index contributed by atoms with van der Waals surface area (Å²) >= 11 is 5.71. The van der Waals surface area contributed by atoms with Gasteiger partial charge in [-0.15, -0.1) is 0 Å². The van der Waals surface area contributed by atoms with E-state index in [0.717, 1.165) is 13.2 Å². The lowest BCUT2D eigenvalue weighted by Crippen LogP contribution is -2.28. The fourth-order valence-electron chi connectivity index (χ4n) is 1.36. The maximum atomic E-state index is 12.7. The molecule has 0 aliphatic carbocycles. The Kier molecular flexibility index (Phi) is 4.45. The van der Waals surface area contributed by atoms with Crippen molar-refractivity contribution < 1.29 is 22.7 Å². The highest BCUT2D eigenvalue weighted by molar-refractivity contribution is 6.33. The van der Waals surface area contributed by atoms with E-state index in [0.29, 0.717) is 0 Å². The zero-order valence-corrected chi connectivity index (χ0v) is 10.4. The monoisotopic (exact) mass is 281 g/mol. The first kappa shape index (κ1) is 14.6. The zero-order valence-electron chi connectivity index (χ0n) is 9.64. The number of nitrogens with one attached hydrogen (secondary N) is 1. The minimum Gasteiger partial charge on any atom is -0.467 e. The number of methoxy groups -OCH3 is 1. The minimum atomic E-state index is -4.55. The number of anilines is 1. The number of halogens is 4.